The van der Waals surface area contributed by atoms with Crippen molar-refractivity contribution in [3.8, 4) is 5.75 Å². The van der Waals surface area contributed by atoms with Gasteiger partial charge in [-0.05, 0) is 25.1 Å². The third-order valence-electron chi connectivity index (χ3n) is 3.26. The molecule has 2 aromatic rings. The summed E-state index contributed by atoms with van der Waals surface area (Å²) in [5.74, 6) is 0.890. The van der Waals surface area contributed by atoms with Gasteiger partial charge in [0.2, 0.25) is 0 Å². The third-order valence-corrected chi connectivity index (χ3v) is 3.49. The fraction of sp³-hybridized carbons (Fsp3) is 0.250. The second-order valence-corrected chi connectivity index (χ2v) is 5.03. The van der Waals surface area contributed by atoms with Crippen molar-refractivity contribution in [1.29, 1.82) is 0 Å². The van der Waals surface area contributed by atoms with Crippen LogP contribution in [0.5, 0.6) is 5.75 Å². The minimum Gasteiger partial charge on any atom is -0.496 e. The van der Waals surface area contributed by atoms with Crippen LogP contribution in [-0.2, 0) is 6.54 Å². The first kappa shape index (κ1) is 13.9. The number of benzene rings is 2. The molecule has 0 aliphatic heterocycles. The molecule has 0 radical (unpaired) electrons. The van der Waals surface area contributed by atoms with Gasteiger partial charge in [-0.2, -0.15) is 0 Å². The quantitative estimate of drug-likeness (QED) is 0.892. The number of hydrogen-bond acceptors (Lipinski definition) is 1. The van der Waals surface area contributed by atoms with Crippen LogP contribution in [0.4, 0.5) is 0 Å². The molecule has 3 heteroatoms. The van der Waals surface area contributed by atoms with E-state index in [0.29, 0.717) is 6.04 Å². The molecule has 2 N–H and O–H groups in total. The molecule has 2 aromatic carbocycles. The van der Waals surface area contributed by atoms with Gasteiger partial charge in [0.15, 0.2) is 0 Å². The maximum atomic E-state index is 6.04. The summed E-state index contributed by atoms with van der Waals surface area (Å²) in [5, 5.41) is 3.03. The lowest BCUT2D eigenvalue weighted by Gasteiger charge is -2.13. The molecule has 1 atom stereocenters. The predicted octanol–water partition coefficient (Wildman–Crippen LogP) is 3.17. The number of halogens is 1. The molecule has 19 heavy (non-hydrogen) atoms. The average molecular weight is 277 g/mol. The van der Waals surface area contributed by atoms with Gasteiger partial charge in [-0.15, -0.1) is 0 Å². The van der Waals surface area contributed by atoms with Crippen molar-refractivity contribution in [2.75, 3.05) is 7.11 Å². The van der Waals surface area contributed by atoms with Crippen LogP contribution in [-0.4, -0.2) is 7.11 Å². The molecule has 2 nitrogen and oxygen atoms in total. The van der Waals surface area contributed by atoms with Crippen LogP contribution in [0, 0.1) is 0 Å². The highest BCUT2D eigenvalue weighted by molar-refractivity contribution is 6.30. The van der Waals surface area contributed by atoms with Crippen molar-refractivity contribution in [1.82, 2.24) is 0 Å². The van der Waals surface area contributed by atoms with Gasteiger partial charge in [-0.25, -0.2) is 0 Å². The van der Waals surface area contributed by atoms with Gasteiger partial charge in [-0.3, -0.25) is 0 Å². The first-order valence-electron chi connectivity index (χ1n) is 6.41. The Labute approximate surface area is 119 Å². The lowest BCUT2D eigenvalue weighted by atomic mass is 10.1. The summed E-state index contributed by atoms with van der Waals surface area (Å²) < 4.78 is 5.36. The summed E-state index contributed by atoms with van der Waals surface area (Å²) in [6, 6.07) is 16.6. The molecule has 0 saturated carbocycles. The Hall–Kier alpha value is -1.51. The Morgan fingerprint density at radius 1 is 1.16 bits per heavy atom. The molecule has 0 unspecified atom stereocenters. The van der Waals surface area contributed by atoms with Gasteiger partial charge in [0.25, 0.3) is 0 Å². The van der Waals surface area contributed by atoms with E-state index in [0.717, 1.165) is 22.9 Å². The molecule has 0 fully saturated rings. The number of quaternary nitrogens is 1. The van der Waals surface area contributed by atoms with Crippen molar-refractivity contribution in [3.63, 3.8) is 0 Å². The van der Waals surface area contributed by atoms with Crippen LogP contribution >= 0.6 is 11.6 Å². The molecule has 0 saturated heterocycles. The number of rotatable bonds is 5. The monoisotopic (exact) mass is 276 g/mol. The largest absolute Gasteiger partial charge is 0.496 e. The summed E-state index contributed by atoms with van der Waals surface area (Å²) in [5.41, 5.74) is 2.45. The van der Waals surface area contributed by atoms with Crippen molar-refractivity contribution in [2.45, 2.75) is 19.5 Å². The second kappa shape index (κ2) is 6.60. The fourth-order valence-electron chi connectivity index (χ4n) is 2.10. The highest BCUT2D eigenvalue weighted by Crippen LogP contribution is 2.21. The lowest BCUT2D eigenvalue weighted by Crippen LogP contribution is -2.83. The van der Waals surface area contributed by atoms with E-state index < -0.39 is 0 Å². The molecule has 0 aliphatic rings. The fourth-order valence-corrected chi connectivity index (χ4v) is 2.30. The summed E-state index contributed by atoms with van der Waals surface area (Å²) in [7, 11) is 1.69. The first-order chi connectivity index (χ1) is 9.20. The SMILES string of the molecule is COc1ccc(Cl)cc1C[NH2+][C@H](C)c1ccccc1. The van der Waals surface area contributed by atoms with Crippen LogP contribution in [0.2, 0.25) is 5.02 Å². The van der Waals surface area contributed by atoms with E-state index >= 15 is 0 Å². The molecule has 0 aromatic heterocycles. The van der Waals surface area contributed by atoms with Crippen molar-refractivity contribution >= 4 is 11.6 Å². The molecule has 2 rings (SSSR count). The zero-order valence-electron chi connectivity index (χ0n) is 11.3. The van der Waals surface area contributed by atoms with E-state index in [1.807, 2.05) is 24.3 Å². The van der Waals surface area contributed by atoms with Crippen LogP contribution < -0.4 is 10.1 Å². The summed E-state index contributed by atoms with van der Waals surface area (Å²) in [6.45, 7) is 3.05. The Morgan fingerprint density at radius 3 is 2.58 bits per heavy atom. The minimum atomic E-state index is 0.407. The predicted molar refractivity (Wildman–Crippen MR) is 78.5 cm³/mol. The van der Waals surface area contributed by atoms with Crippen LogP contribution in [0.15, 0.2) is 48.5 Å². The van der Waals surface area contributed by atoms with Gasteiger partial charge in [0.1, 0.15) is 18.3 Å². The van der Waals surface area contributed by atoms with Crippen molar-refractivity contribution < 1.29 is 10.1 Å². The maximum absolute atomic E-state index is 6.04. The normalized spacial score (nSPS) is 12.2. The van der Waals surface area contributed by atoms with Gasteiger partial charge in [-0.1, -0.05) is 41.9 Å². The molecule has 0 spiro atoms. The van der Waals surface area contributed by atoms with Crippen molar-refractivity contribution in [2.24, 2.45) is 0 Å². The zero-order chi connectivity index (χ0) is 13.7. The summed E-state index contributed by atoms with van der Waals surface area (Å²) in [6.07, 6.45) is 0. The molecule has 0 bridgehead atoms. The number of methoxy groups -OCH3 is 1. The van der Waals surface area contributed by atoms with E-state index in [-0.39, 0.29) is 0 Å². The Balaban J connectivity index is 2.04. The molecular weight excluding hydrogens is 258 g/mol. The summed E-state index contributed by atoms with van der Waals surface area (Å²) >= 11 is 6.04. The molecular formula is C16H19ClNO+. The lowest BCUT2D eigenvalue weighted by molar-refractivity contribution is -0.708. The summed E-state index contributed by atoms with van der Waals surface area (Å²) in [4.78, 5) is 0. The molecule has 100 valence electrons. The Bertz CT molecular complexity index is 528. The zero-order valence-corrected chi connectivity index (χ0v) is 12.0. The minimum absolute atomic E-state index is 0.407. The second-order valence-electron chi connectivity index (χ2n) is 4.60. The standard InChI is InChI=1S/C16H18ClNO/c1-12(13-6-4-3-5-7-13)18-11-14-10-15(17)8-9-16(14)19-2/h3-10,12,18H,11H2,1-2H3/p+1/t12-/m1/s1. The Morgan fingerprint density at radius 2 is 1.89 bits per heavy atom. The topological polar surface area (TPSA) is 25.8 Å². The van der Waals surface area contributed by atoms with Crippen molar-refractivity contribution in [3.05, 3.63) is 64.7 Å². The molecule has 0 heterocycles. The first-order valence-corrected chi connectivity index (χ1v) is 6.79. The van der Waals surface area contributed by atoms with E-state index in [2.05, 4.69) is 36.5 Å². The average Bonchev–Trinajstić information content (AvgIpc) is 2.46. The number of nitrogens with two attached hydrogens (primary N) is 1. The Kier molecular flexibility index (Phi) is 4.83. The molecule has 0 amide bonds. The highest BCUT2D eigenvalue weighted by atomic mass is 35.5. The van der Waals surface area contributed by atoms with Gasteiger partial charge < -0.3 is 10.1 Å². The number of hydrogen-bond donors (Lipinski definition) is 1. The third kappa shape index (κ3) is 3.72. The van der Waals surface area contributed by atoms with Crippen LogP contribution in [0.25, 0.3) is 0 Å². The van der Waals surface area contributed by atoms with E-state index in [1.54, 1.807) is 7.11 Å². The van der Waals surface area contributed by atoms with E-state index in [1.165, 1.54) is 5.56 Å². The smallest absolute Gasteiger partial charge is 0.127 e. The highest BCUT2D eigenvalue weighted by Gasteiger charge is 2.10. The molecule has 0 aliphatic carbocycles. The van der Waals surface area contributed by atoms with Crippen LogP contribution in [0.3, 0.4) is 0 Å². The maximum Gasteiger partial charge on any atom is 0.127 e. The van der Waals surface area contributed by atoms with Crippen LogP contribution in [0.1, 0.15) is 24.1 Å². The van der Waals surface area contributed by atoms with Gasteiger partial charge in [0, 0.05) is 16.1 Å². The van der Waals surface area contributed by atoms with Gasteiger partial charge >= 0.3 is 0 Å². The van der Waals surface area contributed by atoms with E-state index in [4.69, 9.17) is 16.3 Å². The van der Waals surface area contributed by atoms with E-state index in [9.17, 15) is 0 Å². The van der Waals surface area contributed by atoms with Gasteiger partial charge in [0.05, 0.1) is 7.11 Å². The number of ether oxygens (including phenoxy) is 1.